The van der Waals surface area contributed by atoms with Gasteiger partial charge in [-0.05, 0) is 131 Å². The van der Waals surface area contributed by atoms with E-state index in [4.69, 9.17) is 15.2 Å². The Hall–Kier alpha value is -9.32. The van der Waals surface area contributed by atoms with Crippen molar-refractivity contribution in [1.82, 2.24) is 19.9 Å². The Kier molecular flexibility index (Phi) is 44.1. The third-order valence-electron chi connectivity index (χ3n) is 17.8. The maximum Gasteiger partial charge on any atom is 0.159 e. The SMILES string of the molecule is CC(=O)C=C(C)O.CC(=O)C=C(C)O.CC(C)CC(=O)C=C(O)CC(C)C.CC(C)CC(=O)C=C(O)CC(C)C.Cc1[c-]c(-c2cc3c(cn2)sc2ccccc23)cc(C)c1.Cc1[c-]c(-c2nccc3c2sc2ccccc23)cc(C)c1.[Ir].[Ir].[Ir].[Ir].[c-]1ccccc1-c1ccc2c(n1)sc1ccccc12.[c-]1ccccc1-c1nccc2c1sc1ccccc12. The number of rotatable bonds is 16. The minimum Gasteiger partial charge on any atom is -0.512 e. The first-order valence-corrected chi connectivity index (χ1v) is 43.3. The molecule has 0 amide bonds. The second-order valence-corrected chi connectivity index (χ2v) is 35.2. The van der Waals surface area contributed by atoms with E-state index in [2.05, 4.69) is 225 Å². The summed E-state index contributed by atoms with van der Waals surface area (Å²) >= 11 is 7.16. The average Bonchev–Trinajstić information content (AvgIpc) is 1.64. The molecule has 0 aliphatic heterocycles. The number of hydrogen-bond donors (Lipinski definition) is 4. The number of aliphatic hydroxyl groups excluding tert-OH is 4. The number of thiophene rings is 4. The number of fused-ring (bicyclic) bond motifs is 12. The van der Waals surface area contributed by atoms with Crippen LogP contribution in [0.15, 0.2) is 266 Å². The van der Waals surface area contributed by atoms with Crippen LogP contribution in [-0.4, -0.2) is 63.5 Å². The van der Waals surface area contributed by atoms with E-state index in [0.717, 1.165) is 61.0 Å². The van der Waals surface area contributed by atoms with Gasteiger partial charge >= 0.3 is 0 Å². The monoisotopic (exact) mass is 2440 g/mol. The molecule has 0 aliphatic rings. The van der Waals surface area contributed by atoms with Gasteiger partial charge in [0.25, 0.3) is 0 Å². The van der Waals surface area contributed by atoms with E-state index in [1.54, 1.807) is 34.0 Å². The van der Waals surface area contributed by atoms with Crippen LogP contribution in [-0.2, 0) is 99.6 Å². The van der Waals surface area contributed by atoms with Crippen LogP contribution in [0.3, 0.4) is 0 Å². The summed E-state index contributed by atoms with van der Waals surface area (Å²) in [6.07, 6.45) is 13.0. The van der Waals surface area contributed by atoms with Gasteiger partial charge in [-0.1, -0.05) is 174 Å². The van der Waals surface area contributed by atoms with Crippen LogP contribution in [0.25, 0.3) is 126 Å². The Morgan fingerprint density at radius 1 is 0.363 bits per heavy atom. The molecule has 16 rings (SSSR count). The summed E-state index contributed by atoms with van der Waals surface area (Å²) in [5.41, 5.74) is 13.1. The van der Waals surface area contributed by atoms with Gasteiger partial charge in [0, 0.05) is 199 Å². The molecule has 0 atom stereocenters. The van der Waals surface area contributed by atoms with Crippen LogP contribution >= 0.6 is 45.3 Å². The van der Waals surface area contributed by atoms with Crippen molar-refractivity contribution in [2.24, 2.45) is 23.7 Å². The van der Waals surface area contributed by atoms with E-state index < -0.39 is 0 Å². The predicted octanol–water partition coefficient (Wildman–Crippen LogP) is 29.1. The largest absolute Gasteiger partial charge is 0.512 e. The zero-order valence-corrected chi connectivity index (χ0v) is 85.3. The van der Waals surface area contributed by atoms with Crippen molar-refractivity contribution in [3.05, 3.63) is 313 Å². The van der Waals surface area contributed by atoms with Crippen molar-refractivity contribution >= 4 is 149 Å². The van der Waals surface area contributed by atoms with E-state index in [0.29, 0.717) is 49.4 Å². The minimum absolute atomic E-state index is 0. The number of nitrogens with zero attached hydrogens (tertiary/aromatic N) is 4. The predicted molar refractivity (Wildman–Crippen MR) is 508 cm³/mol. The van der Waals surface area contributed by atoms with Crippen molar-refractivity contribution in [1.29, 1.82) is 0 Å². The molecular weight excluding hydrogens is 2330 g/mol. The van der Waals surface area contributed by atoms with Gasteiger partial charge in [0.05, 0.1) is 27.7 Å². The van der Waals surface area contributed by atoms with E-state index >= 15 is 0 Å². The molecule has 12 nitrogen and oxygen atoms in total. The number of aryl methyl sites for hydroxylation is 4. The Morgan fingerprint density at radius 2 is 0.750 bits per heavy atom. The summed E-state index contributed by atoms with van der Waals surface area (Å²) < 4.78 is 8.96. The third kappa shape index (κ3) is 32.3. The van der Waals surface area contributed by atoms with Gasteiger partial charge in [-0.15, -0.1) is 187 Å². The van der Waals surface area contributed by atoms with Gasteiger partial charge in [0.2, 0.25) is 0 Å². The number of aromatic nitrogens is 4. The molecular formula is C104H104Ir4N4O8S4-4. The van der Waals surface area contributed by atoms with Gasteiger partial charge in [-0.25, -0.2) is 0 Å². The second-order valence-electron chi connectivity index (χ2n) is 31.0. The summed E-state index contributed by atoms with van der Waals surface area (Å²) in [7, 11) is 0. The topological polar surface area (TPSA) is 201 Å². The molecule has 124 heavy (non-hydrogen) atoms. The number of ketones is 4. The van der Waals surface area contributed by atoms with E-state index in [9.17, 15) is 29.4 Å². The molecule has 8 heterocycles. The maximum atomic E-state index is 11.2. The minimum atomic E-state index is -0.125. The molecule has 16 aromatic rings. The molecule has 0 spiro atoms. The van der Waals surface area contributed by atoms with Crippen LogP contribution in [0, 0.1) is 75.6 Å². The Bertz CT molecular complexity index is 6210. The molecule has 0 fully saturated rings. The van der Waals surface area contributed by atoms with Crippen molar-refractivity contribution in [2.75, 3.05) is 0 Å². The van der Waals surface area contributed by atoms with Crippen LogP contribution in [0.5, 0.6) is 0 Å². The quantitative estimate of drug-likeness (QED) is 0.0406. The van der Waals surface area contributed by atoms with Gasteiger partial charge < -0.3 is 35.4 Å². The fourth-order valence-corrected chi connectivity index (χ4v) is 17.7. The number of pyridine rings is 4. The summed E-state index contributed by atoms with van der Waals surface area (Å²) in [6.45, 7) is 30.1. The van der Waals surface area contributed by atoms with Gasteiger partial charge in [-0.2, -0.15) is 0 Å². The van der Waals surface area contributed by atoms with Crippen molar-refractivity contribution in [3.8, 4) is 45.0 Å². The van der Waals surface area contributed by atoms with E-state index in [-0.39, 0.29) is 127 Å². The Labute approximate surface area is 799 Å². The third-order valence-corrected chi connectivity index (χ3v) is 22.4. The Morgan fingerprint density at radius 3 is 1.16 bits per heavy atom. The maximum absolute atomic E-state index is 11.2. The van der Waals surface area contributed by atoms with E-state index in [1.807, 2.05) is 128 Å². The fraction of sp³-hybridized carbons (Fsp3) is 0.231. The normalized spacial score (nSPS) is 11.2. The molecule has 652 valence electrons. The number of aliphatic hydroxyl groups is 4. The molecule has 20 heteroatoms. The van der Waals surface area contributed by atoms with Crippen LogP contribution < -0.4 is 0 Å². The van der Waals surface area contributed by atoms with Crippen LogP contribution in [0.1, 0.15) is 131 Å². The zero-order chi connectivity index (χ0) is 86.7. The van der Waals surface area contributed by atoms with Crippen molar-refractivity contribution in [2.45, 2.75) is 136 Å². The zero-order valence-electron chi connectivity index (χ0n) is 72.4. The molecule has 0 aliphatic carbocycles. The average molecular weight is 2440 g/mol. The summed E-state index contributed by atoms with van der Waals surface area (Å²) in [5, 5.41) is 45.7. The number of carbonyl (C=O) groups is 4. The number of allylic oxidation sites excluding steroid dienone is 8. The molecule has 8 aromatic carbocycles. The molecule has 0 saturated carbocycles. The fourth-order valence-electron chi connectivity index (χ4n) is 13.2. The molecule has 0 unspecified atom stereocenters. The van der Waals surface area contributed by atoms with Crippen molar-refractivity contribution in [3.63, 3.8) is 0 Å². The first kappa shape index (κ1) is 105. The number of carbonyl (C=O) groups excluding carboxylic acids is 4. The molecule has 8 aromatic heterocycles. The number of benzene rings is 8. The van der Waals surface area contributed by atoms with Gasteiger partial charge in [0.15, 0.2) is 23.1 Å². The molecule has 4 N–H and O–H groups in total. The van der Waals surface area contributed by atoms with Gasteiger partial charge in [-0.3, -0.25) is 24.2 Å². The Balaban J connectivity index is 0.000000257. The van der Waals surface area contributed by atoms with Crippen molar-refractivity contribution < 1.29 is 120 Å². The molecule has 0 saturated heterocycles. The summed E-state index contributed by atoms with van der Waals surface area (Å²) in [4.78, 5) is 62.1. The standard InChI is InChI=1S/2C19H14NS.2C17H10NS.2C11H20O2.2C5H8O2.4Ir/c1-12-7-13(2)9-14(8-12)17-10-16-15-5-3-4-6-18(15)21-19(16)11-20-17;1-12-9-13(2)11-14(10-12)18-19-16(7-8-20-18)15-5-3-4-6-17(15)21-19;1-2-6-12(7-3-1)15-11-10-14-13-8-4-5-9-16(13)19-17(14)18-15;1-2-6-12(7-3-1)16-17-14(10-11-18-16)13-8-4-5-9-15(13)19-17;2*1-8(2)5-10(12)7-11(13)6-9(3)4;2*1-4(6)3-5(2)7;;;;/h3-8,10-11H,1-2H3;3-10H,1-2H3;2*1-6,8-11H;2*7-9,12H,5-6H2,1-4H3;2*3,6H,1-2H3;;;;/q4*-1;;;;;;;;. The van der Waals surface area contributed by atoms with Crippen LogP contribution in [0.4, 0.5) is 0 Å². The summed E-state index contributed by atoms with van der Waals surface area (Å²) in [6, 6.07) is 82.6. The first-order chi connectivity index (χ1) is 57.4. The molecule has 4 radical (unpaired) electrons. The van der Waals surface area contributed by atoms with Crippen LogP contribution in [0.2, 0.25) is 0 Å². The second kappa shape index (κ2) is 52.0. The smallest absolute Gasteiger partial charge is 0.159 e. The first-order valence-electron chi connectivity index (χ1n) is 40.0. The van der Waals surface area contributed by atoms with E-state index in [1.165, 1.54) is 139 Å². The van der Waals surface area contributed by atoms with Gasteiger partial charge in [0.1, 0.15) is 4.83 Å². The molecule has 0 bridgehead atoms. The summed E-state index contributed by atoms with van der Waals surface area (Å²) in [5.74, 6) is 1.83. The number of hydrogen-bond acceptors (Lipinski definition) is 16.